The molecule has 0 N–H and O–H groups in total. The van der Waals surface area contributed by atoms with Gasteiger partial charge >= 0.3 is 0 Å². The van der Waals surface area contributed by atoms with E-state index in [9.17, 15) is 0 Å². The van der Waals surface area contributed by atoms with E-state index in [2.05, 4.69) is 44.7 Å². The Bertz CT molecular complexity index is 319. The van der Waals surface area contributed by atoms with E-state index in [1.165, 1.54) is 16.7 Å². The molecule has 68 valence electrons. The highest BCUT2D eigenvalue weighted by molar-refractivity contribution is 5.73. The van der Waals surface area contributed by atoms with Crippen LogP contribution < -0.4 is 0 Å². The molecule has 0 heteroatoms. The molecule has 0 spiro atoms. The Labute approximate surface area is 80.6 Å². The summed E-state index contributed by atoms with van der Waals surface area (Å²) in [5.74, 6) is 0. The van der Waals surface area contributed by atoms with Gasteiger partial charge in [0.1, 0.15) is 0 Å². The lowest BCUT2D eigenvalue weighted by Crippen LogP contribution is -1.86. The summed E-state index contributed by atoms with van der Waals surface area (Å²) in [4.78, 5) is 0. The van der Waals surface area contributed by atoms with Gasteiger partial charge in [0, 0.05) is 0 Å². The van der Waals surface area contributed by atoms with Crippen LogP contribution in [0.5, 0.6) is 0 Å². The fourth-order valence-corrected chi connectivity index (χ4v) is 1.52. The Morgan fingerprint density at radius 3 is 2.62 bits per heavy atom. The van der Waals surface area contributed by atoms with E-state index in [0.717, 1.165) is 6.42 Å². The maximum absolute atomic E-state index is 3.82. The van der Waals surface area contributed by atoms with Crippen LogP contribution in [-0.4, -0.2) is 0 Å². The highest BCUT2D eigenvalue weighted by atomic mass is 14.1. The van der Waals surface area contributed by atoms with Crippen molar-refractivity contribution in [2.45, 2.75) is 20.3 Å². The second-order valence-electron chi connectivity index (χ2n) is 2.96. The molecule has 1 aromatic rings. The van der Waals surface area contributed by atoms with Crippen molar-refractivity contribution < 1.29 is 0 Å². The summed E-state index contributed by atoms with van der Waals surface area (Å²) in [7, 11) is 0. The number of hydrogen-bond donors (Lipinski definition) is 0. The molecule has 13 heavy (non-hydrogen) atoms. The summed E-state index contributed by atoms with van der Waals surface area (Å²) in [6, 6.07) is 8.36. The molecule has 0 saturated carbocycles. The standard InChI is InChI=1S/C13H16/c1-4-11(5-2)13-10-8-7-9-12(13)6-3/h4,6-10H,3,5H2,1-2H3/b11-4-. The van der Waals surface area contributed by atoms with Gasteiger partial charge < -0.3 is 0 Å². The van der Waals surface area contributed by atoms with Crippen LogP contribution in [0, 0.1) is 0 Å². The third-order valence-corrected chi connectivity index (χ3v) is 2.26. The fraction of sp³-hybridized carbons (Fsp3) is 0.231. The summed E-state index contributed by atoms with van der Waals surface area (Å²) < 4.78 is 0. The van der Waals surface area contributed by atoms with Gasteiger partial charge in [0.15, 0.2) is 0 Å². The van der Waals surface area contributed by atoms with Gasteiger partial charge in [0.05, 0.1) is 0 Å². The molecule has 0 aliphatic rings. The van der Waals surface area contributed by atoms with Crippen molar-refractivity contribution in [2.24, 2.45) is 0 Å². The predicted octanol–water partition coefficient (Wildman–Crippen LogP) is 4.14. The van der Waals surface area contributed by atoms with Crippen LogP contribution in [0.2, 0.25) is 0 Å². The number of rotatable bonds is 3. The topological polar surface area (TPSA) is 0 Å². The summed E-state index contributed by atoms with van der Waals surface area (Å²) in [5.41, 5.74) is 3.91. The van der Waals surface area contributed by atoms with Crippen molar-refractivity contribution in [1.82, 2.24) is 0 Å². The van der Waals surface area contributed by atoms with Crippen molar-refractivity contribution in [3.05, 3.63) is 48.0 Å². The van der Waals surface area contributed by atoms with Crippen LogP contribution >= 0.6 is 0 Å². The molecule has 0 aliphatic heterocycles. The van der Waals surface area contributed by atoms with Crippen LogP contribution in [0.4, 0.5) is 0 Å². The molecule has 0 saturated heterocycles. The molecule has 0 unspecified atom stereocenters. The fourth-order valence-electron chi connectivity index (χ4n) is 1.52. The molecule has 0 amide bonds. The van der Waals surface area contributed by atoms with E-state index in [0.29, 0.717) is 0 Å². The minimum atomic E-state index is 1.07. The van der Waals surface area contributed by atoms with Crippen molar-refractivity contribution in [3.63, 3.8) is 0 Å². The van der Waals surface area contributed by atoms with E-state index >= 15 is 0 Å². The normalized spacial score (nSPS) is 11.4. The molecule has 0 bridgehead atoms. The molecular weight excluding hydrogens is 156 g/mol. The molecule has 0 aromatic heterocycles. The second-order valence-corrected chi connectivity index (χ2v) is 2.96. The molecule has 0 nitrogen and oxygen atoms in total. The Morgan fingerprint density at radius 2 is 2.08 bits per heavy atom. The first-order valence-corrected chi connectivity index (χ1v) is 4.70. The molecule has 0 aliphatic carbocycles. The predicted molar refractivity (Wildman–Crippen MR) is 60.5 cm³/mol. The van der Waals surface area contributed by atoms with Crippen molar-refractivity contribution in [1.29, 1.82) is 0 Å². The van der Waals surface area contributed by atoms with Crippen LogP contribution in [-0.2, 0) is 0 Å². The molecule has 0 fully saturated rings. The lowest BCUT2D eigenvalue weighted by atomic mass is 9.98. The molecule has 0 radical (unpaired) electrons. The summed E-state index contributed by atoms with van der Waals surface area (Å²) in [6.45, 7) is 8.07. The van der Waals surface area contributed by atoms with Gasteiger partial charge in [-0.25, -0.2) is 0 Å². The average molecular weight is 172 g/mol. The maximum Gasteiger partial charge on any atom is -0.0156 e. The van der Waals surface area contributed by atoms with Gasteiger partial charge in [0.2, 0.25) is 0 Å². The first-order chi connectivity index (χ1) is 6.33. The zero-order valence-electron chi connectivity index (χ0n) is 8.38. The summed E-state index contributed by atoms with van der Waals surface area (Å²) in [5, 5.41) is 0. The number of benzene rings is 1. The van der Waals surface area contributed by atoms with Crippen LogP contribution in [0.25, 0.3) is 11.6 Å². The highest BCUT2D eigenvalue weighted by Crippen LogP contribution is 2.22. The first kappa shape index (κ1) is 9.79. The minimum absolute atomic E-state index is 1.07. The smallest absolute Gasteiger partial charge is 0.0156 e. The third kappa shape index (κ3) is 2.09. The van der Waals surface area contributed by atoms with Crippen molar-refractivity contribution in [2.75, 3.05) is 0 Å². The van der Waals surface area contributed by atoms with Crippen LogP contribution in [0.1, 0.15) is 31.4 Å². The Morgan fingerprint density at radius 1 is 1.38 bits per heavy atom. The molecule has 1 rings (SSSR count). The quantitative estimate of drug-likeness (QED) is 0.642. The summed E-state index contributed by atoms with van der Waals surface area (Å²) >= 11 is 0. The van der Waals surface area contributed by atoms with E-state index in [1.54, 1.807) is 0 Å². The third-order valence-electron chi connectivity index (χ3n) is 2.26. The average Bonchev–Trinajstić information content (AvgIpc) is 2.20. The van der Waals surface area contributed by atoms with Gasteiger partial charge in [0.25, 0.3) is 0 Å². The Hall–Kier alpha value is -1.30. The van der Waals surface area contributed by atoms with Gasteiger partial charge in [-0.05, 0) is 30.0 Å². The Kier molecular flexibility index (Phi) is 3.51. The van der Waals surface area contributed by atoms with Gasteiger partial charge in [-0.3, -0.25) is 0 Å². The molecule has 0 heterocycles. The Balaban J connectivity index is 3.19. The molecular formula is C13H16. The summed E-state index contributed by atoms with van der Waals surface area (Å²) in [6.07, 6.45) is 5.15. The largest absolute Gasteiger partial charge is 0.0984 e. The zero-order chi connectivity index (χ0) is 9.68. The van der Waals surface area contributed by atoms with Crippen LogP contribution in [0.15, 0.2) is 36.9 Å². The van der Waals surface area contributed by atoms with E-state index in [4.69, 9.17) is 0 Å². The van der Waals surface area contributed by atoms with Crippen molar-refractivity contribution >= 4 is 11.6 Å². The van der Waals surface area contributed by atoms with E-state index < -0.39 is 0 Å². The lowest BCUT2D eigenvalue weighted by molar-refractivity contribution is 1.23. The number of allylic oxidation sites excluding steroid dienone is 2. The number of hydrogen-bond acceptors (Lipinski definition) is 0. The second kappa shape index (κ2) is 4.66. The zero-order valence-corrected chi connectivity index (χ0v) is 8.38. The van der Waals surface area contributed by atoms with E-state index in [-0.39, 0.29) is 0 Å². The minimum Gasteiger partial charge on any atom is -0.0984 e. The maximum atomic E-state index is 3.82. The van der Waals surface area contributed by atoms with E-state index in [1.807, 2.05) is 12.1 Å². The highest BCUT2D eigenvalue weighted by Gasteiger charge is 2.00. The van der Waals surface area contributed by atoms with Crippen molar-refractivity contribution in [3.8, 4) is 0 Å². The van der Waals surface area contributed by atoms with Crippen LogP contribution in [0.3, 0.4) is 0 Å². The van der Waals surface area contributed by atoms with Gasteiger partial charge in [-0.2, -0.15) is 0 Å². The SMILES string of the molecule is C=Cc1ccccc1/C(=C\C)CC. The molecule has 1 aromatic carbocycles. The van der Waals surface area contributed by atoms with Gasteiger partial charge in [-0.15, -0.1) is 0 Å². The van der Waals surface area contributed by atoms with Gasteiger partial charge in [-0.1, -0.05) is 49.9 Å². The monoisotopic (exact) mass is 172 g/mol. The lowest BCUT2D eigenvalue weighted by Gasteiger charge is -2.07. The molecule has 0 atom stereocenters. The first-order valence-electron chi connectivity index (χ1n) is 4.70.